The number of hydrogen-bond donors (Lipinski definition) is 0. The third kappa shape index (κ3) is 5.07. The van der Waals surface area contributed by atoms with Crippen LogP contribution in [0.4, 0.5) is 19.4 Å². The number of alkyl halides is 2. The molecule has 0 aromatic carbocycles. The Labute approximate surface area is 211 Å². The van der Waals surface area contributed by atoms with E-state index < -0.39 is 11.8 Å². The van der Waals surface area contributed by atoms with E-state index in [9.17, 15) is 13.6 Å². The van der Waals surface area contributed by atoms with Gasteiger partial charge in [-0.05, 0) is 49.7 Å². The van der Waals surface area contributed by atoms with Crippen LogP contribution in [-0.4, -0.2) is 58.9 Å². The highest BCUT2D eigenvalue weighted by atomic mass is 79.9. The zero-order valence-corrected chi connectivity index (χ0v) is 21.3. The number of aromatic nitrogens is 3. The van der Waals surface area contributed by atoms with E-state index in [1.165, 1.54) is 0 Å². The normalized spacial score (nSPS) is 27.0. The lowest BCUT2D eigenvalue weighted by Crippen LogP contribution is -2.52. The number of carbonyl (C=O) groups is 1. The summed E-state index contributed by atoms with van der Waals surface area (Å²) in [6.07, 6.45) is 7.03. The zero-order valence-electron chi connectivity index (χ0n) is 19.8. The first-order chi connectivity index (χ1) is 16.7. The van der Waals surface area contributed by atoms with Crippen molar-refractivity contribution in [2.45, 2.75) is 56.8 Å². The lowest BCUT2D eigenvalue weighted by molar-refractivity contribution is -0.0158. The van der Waals surface area contributed by atoms with E-state index in [2.05, 4.69) is 31.1 Å². The average molecular weight is 554 g/mol. The minimum atomic E-state index is -3.15. The van der Waals surface area contributed by atoms with Gasteiger partial charge in [-0.15, -0.1) is 0 Å². The van der Waals surface area contributed by atoms with Gasteiger partial charge in [0.1, 0.15) is 5.82 Å². The van der Waals surface area contributed by atoms with Gasteiger partial charge in [-0.1, -0.05) is 33.9 Å². The molecule has 1 saturated heterocycles. The van der Waals surface area contributed by atoms with Crippen LogP contribution in [0.25, 0.3) is 0 Å². The van der Waals surface area contributed by atoms with Crippen LogP contribution in [0.2, 0.25) is 0 Å². The van der Waals surface area contributed by atoms with Gasteiger partial charge in [-0.3, -0.25) is 4.90 Å². The summed E-state index contributed by atoms with van der Waals surface area (Å²) in [4.78, 5) is 25.8. The molecule has 0 spiro atoms. The second-order valence-electron chi connectivity index (χ2n) is 10.1. The Kier molecular flexibility index (Phi) is 6.82. The van der Waals surface area contributed by atoms with Crippen molar-refractivity contribution in [2.24, 2.45) is 11.8 Å². The SMILES string of the molecule is CC(F)(F)c1nc(C23CCCC(C2)C(CN(C(=O)N2CCOCC2)c2cc(Br)ccn2)CC3)no1. The molecule has 3 aliphatic rings. The van der Waals surface area contributed by atoms with Gasteiger partial charge in [0.25, 0.3) is 5.89 Å². The zero-order chi connectivity index (χ0) is 24.6. The molecule has 0 N–H and O–H groups in total. The topological polar surface area (TPSA) is 84.6 Å². The summed E-state index contributed by atoms with van der Waals surface area (Å²) < 4.78 is 38.7. The van der Waals surface area contributed by atoms with Crippen LogP contribution < -0.4 is 4.90 Å². The molecule has 2 aliphatic carbocycles. The van der Waals surface area contributed by atoms with Crippen LogP contribution in [0, 0.1) is 11.8 Å². The second-order valence-corrected chi connectivity index (χ2v) is 11.0. The smallest absolute Gasteiger partial charge is 0.325 e. The Hall–Kier alpha value is -2.14. The minimum Gasteiger partial charge on any atom is -0.378 e. The van der Waals surface area contributed by atoms with Crippen LogP contribution in [-0.2, 0) is 16.1 Å². The molecule has 11 heteroatoms. The van der Waals surface area contributed by atoms with Crippen LogP contribution >= 0.6 is 15.9 Å². The largest absolute Gasteiger partial charge is 0.378 e. The quantitative estimate of drug-likeness (QED) is 0.510. The number of anilines is 1. The molecule has 3 atom stereocenters. The van der Waals surface area contributed by atoms with E-state index in [-0.39, 0.29) is 17.4 Å². The van der Waals surface area contributed by atoms with Crippen LogP contribution in [0.15, 0.2) is 27.3 Å². The molecule has 2 aromatic rings. The third-order valence-corrected chi connectivity index (χ3v) is 8.23. The number of rotatable bonds is 5. The monoisotopic (exact) mass is 553 g/mol. The maximum absolute atomic E-state index is 13.7. The molecule has 3 unspecified atom stereocenters. The van der Waals surface area contributed by atoms with E-state index in [1.54, 1.807) is 11.1 Å². The van der Waals surface area contributed by atoms with Gasteiger partial charge in [0, 0.05) is 42.6 Å². The van der Waals surface area contributed by atoms with Crippen molar-refractivity contribution >= 4 is 27.8 Å². The number of hydrogen-bond acceptors (Lipinski definition) is 6. The number of amides is 2. The summed E-state index contributed by atoms with van der Waals surface area (Å²) in [5, 5.41) is 3.99. The Morgan fingerprint density at radius 2 is 2.11 bits per heavy atom. The summed E-state index contributed by atoms with van der Waals surface area (Å²) in [7, 11) is 0. The molecule has 190 valence electrons. The number of halogens is 3. The fourth-order valence-corrected chi connectivity index (χ4v) is 6.20. The van der Waals surface area contributed by atoms with Crippen LogP contribution in [0.3, 0.4) is 0 Å². The van der Waals surface area contributed by atoms with Crippen molar-refractivity contribution in [1.82, 2.24) is 20.0 Å². The molecule has 5 rings (SSSR count). The molecule has 8 nitrogen and oxygen atoms in total. The number of pyridine rings is 1. The number of fused-ring (bicyclic) bond motifs is 2. The summed E-state index contributed by atoms with van der Waals surface area (Å²) in [6.45, 7) is 3.52. The standard InChI is InChI=1S/C24H30BrF2N5O3/c1-23(26,27)21-29-20(30-35-21)24-6-2-3-16(14-24)17(4-7-24)15-32(19-13-18(25)5-8-28-19)22(33)31-9-11-34-12-10-31/h5,8,13,16-17H,2-4,6-7,9-12,14-15H2,1H3. The first-order valence-electron chi connectivity index (χ1n) is 12.2. The molecular weight excluding hydrogens is 524 g/mol. The molecule has 3 fully saturated rings. The van der Waals surface area contributed by atoms with Crippen LogP contribution in [0.5, 0.6) is 0 Å². The summed E-state index contributed by atoms with van der Waals surface area (Å²) in [6, 6.07) is 3.66. The van der Waals surface area contributed by atoms with Gasteiger partial charge >= 0.3 is 12.0 Å². The van der Waals surface area contributed by atoms with E-state index >= 15 is 0 Å². The van der Waals surface area contributed by atoms with Gasteiger partial charge in [0.2, 0.25) is 0 Å². The van der Waals surface area contributed by atoms with E-state index in [0.717, 1.165) is 49.9 Å². The highest BCUT2D eigenvalue weighted by molar-refractivity contribution is 9.10. The molecule has 2 amide bonds. The maximum Gasteiger partial charge on any atom is 0.325 e. The molecule has 2 saturated carbocycles. The number of ether oxygens (including phenoxy) is 1. The maximum atomic E-state index is 13.7. The van der Waals surface area contributed by atoms with Crippen molar-refractivity contribution in [3.8, 4) is 0 Å². The van der Waals surface area contributed by atoms with Crippen molar-refractivity contribution in [3.05, 3.63) is 34.5 Å². The molecule has 2 bridgehead atoms. The predicted molar refractivity (Wildman–Crippen MR) is 127 cm³/mol. The molecule has 0 radical (unpaired) electrons. The van der Waals surface area contributed by atoms with Gasteiger partial charge in [-0.25, -0.2) is 9.78 Å². The average Bonchev–Trinajstić information content (AvgIpc) is 3.36. The third-order valence-electron chi connectivity index (χ3n) is 7.73. The van der Waals surface area contributed by atoms with Crippen molar-refractivity contribution in [3.63, 3.8) is 0 Å². The Balaban J connectivity index is 1.36. The van der Waals surface area contributed by atoms with Gasteiger partial charge < -0.3 is 14.2 Å². The van der Waals surface area contributed by atoms with E-state index in [0.29, 0.717) is 50.4 Å². The summed E-state index contributed by atoms with van der Waals surface area (Å²) in [5.74, 6) is -2.12. The fraction of sp³-hybridized carbons (Fsp3) is 0.667. The minimum absolute atomic E-state index is 0.0560. The highest BCUT2D eigenvalue weighted by Gasteiger charge is 2.49. The van der Waals surface area contributed by atoms with Gasteiger partial charge in [0.15, 0.2) is 5.82 Å². The first-order valence-corrected chi connectivity index (χ1v) is 13.0. The highest BCUT2D eigenvalue weighted by Crippen LogP contribution is 2.52. The lowest BCUT2D eigenvalue weighted by atomic mass is 9.58. The fourth-order valence-electron chi connectivity index (χ4n) is 5.88. The van der Waals surface area contributed by atoms with E-state index in [4.69, 9.17) is 9.26 Å². The number of morpholine rings is 1. The van der Waals surface area contributed by atoms with E-state index in [1.807, 2.05) is 17.0 Å². The summed E-state index contributed by atoms with van der Waals surface area (Å²) >= 11 is 3.50. The predicted octanol–water partition coefficient (Wildman–Crippen LogP) is 5.14. The molecule has 35 heavy (non-hydrogen) atoms. The van der Waals surface area contributed by atoms with Crippen LogP contribution in [0.1, 0.15) is 57.2 Å². The Morgan fingerprint density at radius 1 is 1.31 bits per heavy atom. The number of urea groups is 1. The molecular formula is C24H30BrF2N5O3. The second kappa shape index (κ2) is 9.72. The first kappa shape index (κ1) is 24.5. The van der Waals surface area contributed by atoms with Crippen molar-refractivity contribution in [1.29, 1.82) is 0 Å². The lowest BCUT2D eigenvalue weighted by Gasteiger charge is -2.48. The van der Waals surface area contributed by atoms with Gasteiger partial charge in [0.05, 0.1) is 13.2 Å². The molecule has 1 aliphatic heterocycles. The number of nitrogens with zero attached hydrogens (tertiary/aromatic N) is 5. The Morgan fingerprint density at radius 3 is 2.83 bits per heavy atom. The van der Waals surface area contributed by atoms with Gasteiger partial charge in [-0.2, -0.15) is 13.8 Å². The Bertz CT molecular complexity index is 1060. The van der Waals surface area contributed by atoms with Crippen molar-refractivity contribution < 1.29 is 22.8 Å². The molecule has 2 aromatic heterocycles. The van der Waals surface area contributed by atoms with Crippen molar-refractivity contribution in [2.75, 3.05) is 37.7 Å². The number of carbonyl (C=O) groups excluding carboxylic acids is 1. The summed E-state index contributed by atoms with van der Waals surface area (Å²) in [5.41, 5.74) is -0.334. The molecule has 3 heterocycles.